The fourth-order valence-corrected chi connectivity index (χ4v) is 3.58. The quantitative estimate of drug-likeness (QED) is 0.510. The van der Waals surface area contributed by atoms with Gasteiger partial charge in [0.05, 0.1) is 11.0 Å². The first-order valence-electron chi connectivity index (χ1n) is 9.17. The van der Waals surface area contributed by atoms with Crippen LogP contribution in [-0.4, -0.2) is 30.8 Å². The van der Waals surface area contributed by atoms with Gasteiger partial charge < -0.3 is 15.8 Å². The summed E-state index contributed by atoms with van der Waals surface area (Å²) in [6.07, 6.45) is 2.50. The van der Waals surface area contributed by atoms with E-state index >= 15 is 0 Å². The Hall–Kier alpha value is -3.61. The first-order chi connectivity index (χ1) is 13.5. The number of benzene rings is 2. The number of aromatic nitrogens is 4. The number of aromatic amines is 1. The monoisotopic (exact) mass is 373 g/mol. The number of fused-ring (bicyclic) bond motifs is 1. The van der Waals surface area contributed by atoms with E-state index in [1.165, 1.54) is 18.4 Å². The molecule has 28 heavy (non-hydrogen) atoms. The second-order valence-electron chi connectivity index (χ2n) is 7.25. The van der Waals surface area contributed by atoms with E-state index in [0.717, 1.165) is 5.56 Å². The van der Waals surface area contributed by atoms with E-state index in [1.54, 1.807) is 29.9 Å². The van der Waals surface area contributed by atoms with E-state index in [-0.39, 0.29) is 5.75 Å². The Morgan fingerprint density at radius 3 is 2.64 bits per heavy atom. The van der Waals surface area contributed by atoms with Gasteiger partial charge in [0.15, 0.2) is 11.6 Å². The second kappa shape index (κ2) is 5.95. The molecule has 5 rings (SSSR count). The lowest BCUT2D eigenvalue weighted by Gasteiger charge is -2.01. The smallest absolute Gasteiger partial charge is 0.248 e. The molecule has 0 atom stereocenters. The highest BCUT2D eigenvalue weighted by Crippen LogP contribution is 2.42. The molecule has 1 aliphatic carbocycles. The van der Waals surface area contributed by atoms with Crippen LogP contribution in [0, 0.1) is 0 Å². The van der Waals surface area contributed by atoms with E-state index in [1.807, 2.05) is 12.1 Å². The zero-order valence-corrected chi connectivity index (χ0v) is 15.3. The number of rotatable bonds is 4. The highest BCUT2D eigenvalue weighted by atomic mass is 16.3. The number of nitrogens with one attached hydrogen (secondary N) is 1. The minimum absolute atomic E-state index is 0.0656. The van der Waals surface area contributed by atoms with E-state index < -0.39 is 5.91 Å². The third kappa shape index (κ3) is 2.63. The van der Waals surface area contributed by atoms with E-state index in [4.69, 9.17) is 5.73 Å². The van der Waals surface area contributed by atoms with Crippen LogP contribution in [0.4, 0.5) is 0 Å². The summed E-state index contributed by atoms with van der Waals surface area (Å²) in [5.74, 6) is 0.724. The van der Waals surface area contributed by atoms with Gasteiger partial charge in [0, 0.05) is 18.2 Å². The largest absolute Gasteiger partial charge is 0.504 e. The number of hydrogen-bond acceptors (Lipinski definition) is 4. The zero-order chi connectivity index (χ0) is 19.4. The lowest BCUT2D eigenvalue weighted by molar-refractivity contribution is 0.100. The van der Waals surface area contributed by atoms with Gasteiger partial charge in [-0.15, -0.1) is 0 Å². The van der Waals surface area contributed by atoms with Gasteiger partial charge in [-0.3, -0.25) is 9.48 Å². The minimum atomic E-state index is -0.502. The molecule has 0 bridgehead atoms. The van der Waals surface area contributed by atoms with Crippen LogP contribution in [0.2, 0.25) is 0 Å². The van der Waals surface area contributed by atoms with Crippen molar-refractivity contribution in [3.05, 3.63) is 53.6 Å². The molecular formula is C21H19N5O2. The summed E-state index contributed by atoms with van der Waals surface area (Å²) in [6.45, 7) is 0. The Bertz CT molecular complexity index is 1220. The number of carbonyl (C=O) groups excluding carboxylic acids is 1. The molecule has 1 fully saturated rings. The van der Waals surface area contributed by atoms with Crippen molar-refractivity contribution in [3.63, 3.8) is 0 Å². The van der Waals surface area contributed by atoms with Crippen molar-refractivity contribution in [1.82, 2.24) is 19.7 Å². The zero-order valence-electron chi connectivity index (χ0n) is 15.3. The average Bonchev–Trinajstić information content (AvgIpc) is 3.38. The lowest BCUT2D eigenvalue weighted by Crippen LogP contribution is -2.10. The van der Waals surface area contributed by atoms with Gasteiger partial charge in [0.2, 0.25) is 5.91 Å². The number of H-pyrrole nitrogens is 1. The highest BCUT2D eigenvalue weighted by molar-refractivity contribution is 5.96. The third-order valence-electron chi connectivity index (χ3n) is 5.25. The minimum Gasteiger partial charge on any atom is -0.504 e. The predicted molar refractivity (Wildman–Crippen MR) is 106 cm³/mol. The molecule has 1 saturated carbocycles. The number of nitrogens with zero attached hydrogens (tertiary/aromatic N) is 3. The number of nitrogens with two attached hydrogens (primary N) is 1. The first kappa shape index (κ1) is 16.6. The topological polar surface area (TPSA) is 110 Å². The number of primary amides is 1. The molecule has 0 radical (unpaired) electrons. The summed E-state index contributed by atoms with van der Waals surface area (Å²) < 4.78 is 1.60. The number of amides is 1. The van der Waals surface area contributed by atoms with Crippen LogP contribution in [0.25, 0.3) is 33.8 Å². The maximum atomic E-state index is 11.4. The van der Waals surface area contributed by atoms with Crippen molar-refractivity contribution in [1.29, 1.82) is 0 Å². The molecule has 2 heterocycles. The van der Waals surface area contributed by atoms with Crippen molar-refractivity contribution in [2.75, 3.05) is 0 Å². The van der Waals surface area contributed by atoms with Crippen molar-refractivity contribution in [2.24, 2.45) is 12.8 Å². The highest BCUT2D eigenvalue weighted by Gasteiger charge is 2.24. The summed E-state index contributed by atoms with van der Waals surface area (Å²) in [5.41, 5.74) is 10.3. The number of aryl methyl sites for hydroxylation is 1. The average molecular weight is 373 g/mol. The van der Waals surface area contributed by atoms with Gasteiger partial charge in [-0.2, -0.15) is 5.10 Å². The van der Waals surface area contributed by atoms with Gasteiger partial charge in [-0.05, 0) is 42.5 Å². The maximum Gasteiger partial charge on any atom is 0.248 e. The number of carbonyl (C=O) groups is 1. The fraction of sp³-hybridized carbons (Fsp3) is 0.190. The molecule has 7 nitrogen and oxygen atoms in total. The summed E-state index contributed by atoms with van der Waals surface area (Å²) >= 11 is 0. The van der Waals surface area contributed by atoms with Crippen molar-refractivity contribution in [2.45, 2.75) is 18.8 Å². The van der Waals surface area contributed by atoms with Gasteiger partial charge in [-0.1, -0.05) is 24.3 Å². The third-order valence-corrected chi connectivity index (χ3v) is 5.25. The molecule has 2 aromatic heterocycles. The Labute approximate surface area is 160 Å². The standard InChI is InChI=1S/C21H19N5O2/c1-26-18(21-23-15-9-8-14(20(22)28)10-16(15)24-21)19(27)17(25-26)13-6-4-12(5-7-13)11-2-3-11/h4-11,27H,2-3H2,1H3,(H2,22,28)(H,23,24). The van der Waals surface area contributed by atoms with E-state index in [0.29, 0.717) is 39.7 Å². The molecule has 4 N–H and O–H groups in total. The van der Waals surface area contributed by atoms with Gasteiger partial charge >= 0.3 is 0 Å². The fourth-order valence-electron chi connectivity index (χ4n) is 3.58. The van der Waals surface area contributed by atoms with Crippen LogP contribution in [0.3, 0.4) is 0 Å². The predicted octanol–water partition coefficient (Wildman–Crippen LogP) is 3.31. The lowest BCUT2D eigenvalue weighted by atomic mass is 10.1. The number of aromatic hydroxyl groups is 1. The maximum absolute atomic E-state index is 11.4. The van der Waals surface area contributed by atoms with Gasteiger partial charge in [0.25, 0.3) is 0 Å². The van der Waals surface area contributed by atoms with Crippen LogP contribution in [-0.2, 0) is 7.05 Å². The molecule has 7 heteroatoms. The molecule has 140 valence electrons. The molecule has 0 aliphatic heterocycles. The second-order valence-corrected chi connectivity index (χ2v) is 7.25. The summed E-state index contributed by atoms with van der Waals surface area (Å²) in [7, 11) is 1.76. The molecule has 1 aliphatic rings. The molecule has 4 aromatic rings. The normalized spacial score (nSPS) is 13.9. The van der Waals surface area contributed by atoms with E-state index in [2.05, 4.69) is 27.2 Å². The van der Waals surface area contributed by atoms with Crippen molar-refractivity contribution in [3.8, 4) is 28.5 Å². The molecule has 0 saturated heterocycles. The van der Waals surface area contributed by atoms with Crippen LogP contribution in [0.15, 0.2) is 42.5 Å². The molecule has 1 amide bonds. The Morgan fingerprint density at radius 1 is 1.21 bits per heavy atom. The summed E-state index contributed by atoms with van der Waals surface area (Å²) in [6, 6.07) is 13.2. The van der Waals surface area contributed by atoms with Gasteiger partial charge in [-0.25, -0.2) is 4.98 Å². The van der Waals surface area contributed by atoms with Crippen LogP contribution >= 0.6 is 0 Å². The Morgan fingerprint density at radius 2 is 1.96 bits per heavy atom. The van der Waals surface area contributed by atoms with Gasteiger partial charge in [0.1, 0.15) is 11.4 Å². The van der Waals surface area contributed by atoms with Crippen LogP contribution in [0.5, 0.6) is 5.75 Å². The first-order valence-corrected chi connectivity index (χ1v) is 9.17. The molecular weight excluding hydrogens is 354 g/mol. The SMILES string of the molecule is Cn1nc(-c2ccc(C3CC3)cc2)c(O)c1-c1nc2ccc(C(N)=O)cc2[nH]1. The molecule has 2 aromatic carbocycles. The molecule has 0 spiro atoms. The number of hydrogen-bond donors (Lipinski definition) is 3. The van der Waals surface area contributed by atoms with Crippen molar-refractivity contribution < 1.29 is 9.90 Å². The number of imidazole rings is 1. The van der Waals surface area contributed by atoms with Crippen LogP contribution in [0.1, 0.15) is 34.7 Å². The van der Waals surface area contributed by atoms with Crippen LogP contribution < -0.4 is 5.73 Å². The summed E-state index contributed by atoms with van der Waals surface area (Å²) in [5, 5.41) is 15.4. The van der Waals surface area contributed by atoms with E-state index in [9.17, 15) is 9.90 Å². The summed E-state index contributed by atoms with van der Waals surface area (Å²) in [4.78, 5) is 19.1. The Balaban J connectivity index is 1.57. The Kier molecular flexibility index (Phi) is 3.52. The van der Waals surface area contributed by atoms with Crippen molar-refractivity contribution >= 4 is 16.9 Å². The molecule has 0 unspecified atom stereocenters.